The second kappa shape index (κ2) is 10.9. The van der Waals surface area contributed by atoms with Crippen molar-refractivity contribution in [3.63, 3.8) is 0 Å². The van der Waals surface area contributed by atoms with Crippen LogP contribution < -0.4 is 10.6 Å². The summed E-state index contributed by atoms with van der Waals surface area (Å²) in [4.78, 5) is 29.0. The summed E-state index contributed by atoms with van der Waals surface area (Å²) < 4.78 is 1.88. The van der Waals surface area contributed by atoms with Crippen LogP contribution in [0.4, 0.5) is 5.13 Å². The Kier molecular flexibility index (Phi) is 7.96. The Morgan fingerprint density at radius 2 is 2.03 bits per heavy atom. The highest BCUT2D eigenvalue weighted by atomic mass is 32.2. The lowest BCUT2D eigenvalue weighted by molar-refractivity contribution is -0.113. The van der Waals surface area contributed by atoms with E-state index in [0.717, 1.165) is 0 Å². The summed E-state index contributed by atoms with van der Waals surface area (Å²) in [6.45, 7) is 8.30. The first-order valence-corrected chi connectivity index (χ1v) is 11.6. The van der Waals surface area contributed by atoms with Gasteiger partial charge < -0.3 is 15.2 Å². The zero-order valence-corrected chi connectivity index (χ0v) is 18.9. The van der Waals surface area contributed by atoms with Gasteiger partial charge in [0.1, 0.15) is 0 Å². The number of nitrogens with one attached hydrogen (secondary N) is 2. The molecule has 0 radical (unpaired) electrons. The summed E-state index contributed by atoms with van der Waals surface area (Å²) in [6, 6.07) is 8.70. The molecule has 10 heteroatoms. The predicted molar refractivity (Wildman–Crippen MR) is 123 cm³/mol. The van der Waals surface area contributed by atoms with Crippen LogP contribution in [0.1, 0.15) is 36.1 Å². The normalized spacial score (nSPS) is 11.8. The van der Waals surface area contributed by atoms with E-state index in [9.17, 15) is 9.59 Å². The van der Waals surface area contributed by atoms with Crippen molar-refractivity contribution in [2.24, 2.45) is 5.92 Å². The number of aromatic nitrogens is 4. The zero-order chi connectivity index (χ0) is 22.2. The van der Waals surface area contributed by atoms with E-state index in [1.807, 2.05) is 36.6 Å². The molecule has 2 heterocycles. The summed E-state index contributed by atoms with van der Waals surface area (Å²) >= 11 is 2.64. The molecule has 2 aromatic heterocycles. The van der Waals surface area contributed by atoms with Gasteiger partial charge in [-0.3, -0.25) is 9.59 Å². The Labute approximate surface area is 189 Å². The molecule has 3 rings (SSSR count). The lowest BCUT2D eigenvalue weighted by Crippen LogP contribution is -2.33. The van der Waals surface area contributed by atoms with E-state index in [1.165, 1.54) is 23.1 Å². The first kappa shape index (κ1) is 22.7. The third kappa shape index (κ3) is 6.02. The predicted octanol–water partition coefficient (Wildman–Crippen LogP) is 3.78. The largest absolute Gasteiger partial charge is 0.342 e. The Morgan fingerprint density at radius 1 is 1.26 bits per heavy atom. The van der Waals surface area contributed by atoms with Gasteiger partial charge in [-0.1, -0.05) is 49.9 Å². The Bertz CT molecular complexity index is 1020. The average Bonchev–Trinajstić information content (AvgIpc) is 3.41. The Balaban J connectivity index is 1.75. The van der Waals surface area contributed by atoms with E-state index in [0.29, 0.717) is 28.2 Å². The Morgan fingerprint density at radius 3 is 2.68 bits per heavy atom. The molecule has 0 aliphatic heterocycles. The molecule has 31 heavy (non-hydrogen) atoms. The topological polar surface area (TPSA) is 102 Å². The van der Waals surface area contributed by atoms with Gasteiger partial charge in [0.05, 0.1) is 11.8 Å². The highest BCUT2D eigenvalue weighted by Gasteiger charge is 2.26. The number of benzene rings is 1. The van der Waals surface area contributed by atoms with Gasteiger partial charge in [-0.15, -0.1) is 28.1 Å². The number of rotatable bonds is 10. The number of carbonyl (C=O) groups is 2. The number of carbonyl (C=O) groups excluding carboxylic acids is 2. The molecule has 0 saturated heterocycles. The van der Waals surface area contributed by atoms with Crippen molar-refractivity contribution in [1.82, 2.24) is 25.1 Å². The number of nitrogens with zero attached hydrogens (tertiary/aromatic N) is 4. The fraction of sp³-hybridized carbons (Fsp3) is 0.286. The molecule has 0 saturated carbocycles. The van der Waals surface area contributed by atoms with Crippen molar-refractivity contribution >= 4 is 40.0 Å². The van der Waals surface area contributed by atoms with Crippen LogP contribution in [0.3, 0.4) is 0 Å². The maximum atomic E-state index is 12.7. The molecular formula is C21H24N6O2S2. The van der Waals surface area contributed by atoms with Crippen LogP contribution in [0.15, 0.2) is 59.7 Å². The highest BCUT2D eigenvalue weighted by molar-refractivity contribution is 7.99. The second-order valence-corrected chi connectivity index (χ2v) is 8.81. The van der Waals surface area contributed by atoms with Gasteiger partial charge in [-0.25, -0.2) is 4.98 Å². The lowest BCUT2D eigenvalue weighted by Gasteiger charge is -2.22. The molecular weight excluding hydrogens is 432 g/mol. The molecule has 0 bridgehead atoms. The summed E-state index contributed by atoms with van der Waals surface area (Å²) in [7, 11) is 0. The molecule has 1 aromatic carbocycles. The maximum absolute atomic E-state index is 12.7. The van der Waals surface area contributed by atoms with Gasteiger partial charge in [0.2, 0.25) is 5.91 Å². The van der Waals surface area contributed by atoms with Crippen molar-refractivity contribution < 1.29 is 9.59 Å². The molecule has 0 unspecified atom stereocenters. The lowest BCUT2D eigenvalue weighted by atomic mass is 10.0. The van der Waals surface area contributed by atoms with E-state index >= 15 is 0 Å². The van der Waals surface area contributed by atoms with Crippen LogP contribution in [0, 0.1) is 5.92 Å². The van der Waals surface area contributed by atoms with Crippen LogP contribution in [0.25, 0.3) is 0 Å². The minimum absolute atomic E-state index is 0.0754. The molecule has 0 fully saturated rings. The van der Waals surface area contributed by atoms with Crippen LogP contribution in [-0.2, 0) is 11.3 Å². The molecule has 3 aromatic rings. The van der Waals surface area contributed by atoms with Crippen LogP contribution in [-0.4, -0.2) is 37.3 Å². The quantitative estimate of drug-likeness (QED) is 0.356. The molecule has 0 spiro atoms. The maximum Gasteiger partial charge on any atom is 0.251 e. The number of thioether (sulfide) groups is 1. The van der Waals surface area contributed by atoms with Gasteiger partial charge in [-0.2, -0.15) is 0 Å². The van der Waals surface area contributed by atoms with E-state index < -0.39 is 0 Å². The van der Waals surface area contributed by atoms with E-state index in [1.54, 1.807) is 29.8 Å². The molecule has 1 atom stereocenters. The summed E-state index contributed by atoms with van der Waals surface area (Å²) in [5, 5.41) is 17.4. The summed E-state index contributed by atoms with van der Waals surface area (Å²) in [6.07, 6.45) is 3.37. The molecule has 0 aliphatic carbocycles. The van der Waals surface area contributed by atoms with Crippen LogP contribution in [0.2, 0.25) is 0 Å². The SMILES string of the molecule is C=CCn1c(SCC(=O)Nc2nccs2)nnc1[C@H](NC(=O)c1ccccc1)C(C)C. The van der Waals surface area contributed by atoms with Gasteiger partial charge in [0, 0.05) is 23.7 Å². The Hall–Kier alpha value is -2.98. The molecule has 0 aliphatic rings. The van der Waals surface area contributed by atoms with E-state index in [-0.39, 0.29) is 29.5 Å². The van der Waals surface area contributed by atoms with Gasteiger partial charge in [0.15, 0.2) is 16.1 Å². The van der Waals surface area contributed by atoms with Gasteiger partial charge in [0.25, 0.3) is 5.91 Å². The zero-order valence-electron chi connectivity index (χ0n) is 17.3. The third-order valence-corrected chi connectivity index (χ3v) is 5.99. The average molecular weight is 457 g/mol. The number of allylic oxidation sites excluding steroid dienone is 1. The van der Waals surface area contributed by atoms with Crippen molar-refractivity contribution in [3.8, 4) is 0 Å². The molecule has 162 valence electrons. The highest BCUT2D eigenvalue weighted by Crippen LogP contribution is 2.26. The standard InChI is InChI=1S/C21H24N6O2S2/c1-4-11-27-18(17(14(2)3)24-19(29)15-8-6-5-7-9-15)25-26-21(27)31-13-16(28)23-20-22-10-12-30-20/h4-10,12,14,17H,1,11,13H2,2-3H3,(H,24,29)(H,22,23,28)/t17-/m1/s1. The first-order valence-electron chi connectivity index (χ1n) is 9.71. The smallest absolute Gasteiger partial charge is 0.251 e. The van der Waals surface area contributed by atoms with Crippen LogP contribution >= 0.6 is 23.1 Å². The second-order valence-electron chi connectivity index (χ2n) is 6.98. The number of anilines is 1. The monoisotopic (exact) mass is 456 g/mol. The molecule has 2 amide bonds. The number of hydrogen-bond donors (Lipinski definition) is 2. The summed E-state index contributed by atoms with van der Waals surface area (Å²) in [5.41, 5.74) is 0.580. The fourth-order valence-electron chi connectivity index (χ4n) is 2.85. The van der Waals surface area contributed by atoms with Gasteiger partial charge >= 0.3 is 0 Å². The minimum atomic E-state index is -0.348. The van der Waals surface area contributed by atoms with Crippen molar-refractivity contribution in [2.75, 3.05) is 11.1 Å². The first-order chi connectivity index (χ1) is 15.0. The fourth-order valence-corrected chi connectivity index (χ4v) is 4.15. The van der Waals surface area contributed by atoms with Gasteiger partial charge in [-0.05, 0) is 18.1 Å². The molecule has 8 nitrogen and oxygen atoms in total. The van der Waals surface area contributed by atoms with E-state index in [4.69, 9.17) is 0 Å². The van der Waals surface area contributed by atoms with E-state index in [2.05, 4.69) is 32.4 Å². The van der Waals surface area contributed by atoms with Crippen LogP contribution in [0.5, 0.6) is 0 Å². The van der Waals surface area contributed by atoms with Crippen molar-refractivity contribution in [1.29, 1.82) is 0 Å². The number of thiazole rings is 1. The number of amides is 2. The number of hydrogen-bond acceptors (Lipinski definition) is 7. The minimum Gasteiger partial charge on any atom is -0.342 e. The summed E-state index contributed by atoms with van der Waals surface area (Å²) in [5.74, 6) is 0.516. The van der Waals surface area contributed by atoms with Crippen molar-refractivity contribution in [2.45, 2.75) is 31.6 Å². The third-order valence-electron chi connectivity index (χ3n) is 4.34. The molecule has 2 N–H and O–H groups in total. The van der Waals surface area contributed by atoms with Crippen molar-refractivity contribution in [3.05, 3.63) is 66.0 Å².